The van der Waals surface area contributed by atoms with Crippen LogP contribution in [0.4, 0.5) is 10.2 Å². The van der Waals surface area contributed by atoms with Gasteiger partial charge in [0.1, 0.15) is 5.82 Å². The highest BCUT2D eigenvalue weighted by atomic mass is 19.1. The molecule has 0 spiro atoms. The van der Waals surface area contributed by atoms with Gasteiger partial charge in [-0.2, -0.15) is 5.10 Å². The van der Waals surface area contributed by atoms with Crippen molar-refractivity contribution in [3.8, 4) is 11.1 Å². The Morgan fingerprint density at radius 2 is 2.20 bits per heavy atom. The van der Waals surface area contributed by atoms with Crippen LogP contribution in [0.5, 0.6) is 0 Å². The van der Waals surface area contributed by atoms with Crippen LogP contribution >= 0.6 is 0 Å². The van der Waals surface area contributed by atoms with Gasteiger partial charge in [-0.15, -0.1) is 0 Å². The molecule has 0 saturated carbocycles. The highest BCUT2D eigenvalue weighted by Gasteiger charge is 2.24. The quantitative estimate of drug-likeness (QED) is 0.884. The van der Waals surface area contributed by atoms with E-state index in [0.717, 1.165) is 43.0 Å². The maximum atomic E-state index is 14.1. The number of halogens is 1. The van der Waals surface area contributed by atoms with Crippen LogP contribution in [0.2, 0.25) is 0 Å². The first-order chi connectivity index (χ1) is 9.66. The minimum atomic E-state index is -0.223. The fourth-order valence-corrected chi connectivity index (χ4v) is 2.83. The largest absolute Gasteiger partial charge is 0.353 e. The van der Waals surface area contributed by atoms with Crippen molar-refractivity contribution in [3.63, 3.8) is 0 Å². The van der Waals surface area contributed by atoms with E-state index in [-0.39, 0.29) is 11.9 Å². The summed E-state index contributed by atoms with van der Waals surface area (Å²) in [5.74, 6) is 0.585. The van der Waals surface area contributed by atoms with Crippen molar-refractivity contribution in [2.45, 2.75) is 25.8 Å². The Morgan fingerprint density at radius 3 is 2.95 bits per heavy atom. The molecule has 1 fully saturated rings. The predicted molar refractivity (Wildman–Crippen MR) is 78.1 cm³/mol. The number of hydrogen-bond donors (Lipinski definition) is 2. The number of benzene rings is 1. The van der Waals surface area contributed by atoms with Crippen molar-refractivity contribution in [1.29, 1.82) is 0 Å². The van der Waals surface area contributed by atoms with Crippen LogP contribution in [0.25, 0.3) is 11.1 Å². The standard InChI is InChI=1S/C15H19FN4/c1-10-14(12-6-2-3-7-13(12)16)15(19-18-10)20-8-4-5-11(17)9-20/h2-3,6-7,11H,4-5,8-9,17H2,1H3,(H,18,19). The summed E-state index contributed by atoms with van der Waals surface area (Å²) < 4.78 is 14.1. The van der Waals surface area contributed by atoms with Crippen molar-refractivity contribution >= 4 is 5.82 Å². The molecule has 1 unspecified atom stereocenters. The van der Waals surface area contributed by atoms with Gasteiger partial charge in [0.05, 0.1) is 0 Å². The Balaban J connectivity index is 2.04. The van der Waals surface area contributed by atoms with Gasteiger partial charge < -0.3 is 10.6 Å². The lowest BCUT2D eigenvalue weighted by atomic mass is 10.0. The van der Waals surface area contributed by atoms with E-state index in [1.165, 1.54) is 6.07 Å². The summed E-state index contributed by atoms with van der Waals surface area (Å²) in [6.07, 6.45) is 2.08. The van der Waals surface area contributed by atoms with E-state index >= 15 is 0 Å². The third-order valence-electron chi connectivity index (χ3n) is 3.83. The Bertz CT molecular complexity index is 608. The molecule has 20 heavy (non-hydrogen) atoms. The number of nitrogens with one attached hydrogen (secondary N) is 1. The molecular weight excluding hydrogens is 255 g/mol. The second-order valence-electron chi connectivity index (χ2n) is 5.38. The lowest BCUT2D eigenvalue weighted by molar-refractivity contribution is 0.503. The molecule has 2 heterocycles. The van der Waals surface area contributed by atoms with Crippen molar-refractivity contribution in [1.82, 2.24) is 10.2 Å². The zero-order valence-electron chi connectivity index (χ0n) is 11.6. The number of aryl methyl sites for hydroxylation is 1. The van der Waals surface area contributed by atoms with Gasteiger partial charge in [0, 0.05) is 36.0 Å². The SMILES string of the molecule is Cc1[nH]nc(N2CCCC(N)C2)c1-c1ccccc1F. The number of aromatic amines is 1. The number of anilines is 1. The van der Waals surface area contributed by atoms with Crippen molar-refractivity contribution in [2.75, 3.05) is 18.0 Å². The highest BCUT2D eigenvalue weighted by molar-refractivity contribution is 5.78. The number of piperidine rings is 1. The minimum Gasteiger partial charge on any atom is -0.353 e. The first-order valence-electron chi connectivity index (χ1n) is 6.97. The molecule has 4 nitrogen and oxygen atoms in total. The number of nitrogens with two attached hydrogens (primary N) is 1. The Kier molecular flexibility index (Phi) is 3.44. The molecule has 0 bridgehead atoms. The Hall–Kier alpha value is -1.88. The molecule has 1 atom stereocenters. The first kappa shape index (κ1) is 13.1. The van der Waals surface area contributed by atoms with E-state index in [1.54, 1.807) is 12.1 Å². The zero-order valence-corrected chi connectivity index (χ0v) is 11.6. The zero-order chi connectivity index (χ0) is 14.1. The van der Waals surface area contributed by atoms with Gasteiger partial charge in [-0.05, 0) is 25.8 Å². The summed E-state index contributed by atoms with van der Waals surface area (Å²) in [6.45, 7) is 3.60. The molecule has 106 valence electrons. The monoisotopic (exact) mass is 274 g/mol. The predicted octanol–water partition coefficient (Wildman–Crippen LogP) is 2.45. The lowest BCUT2D eigenvalue weighted by Crippen LogP contribution is -2.43. The van der Waals surface area contributed by atoms with Gasteiger partial charge in [-0.25, -0.2) is 4.39 Å². The molecule has 3 N–H and O–H groups in total. The third kappa shape index (κ3) is 2.29. The van der Waals surface area contributed by atoms with E-state index in [1.807, 2.05) is 13.0 Å². The molecule has 1 aliphatic rings. The summed E-state index contributed by atoms with van der Waals surface area (Å²) >= 11 is 0. The number of H-pyrrole nitrogens is 1. The molecule has 0 amide bonds. The van der Waals surface area contributed by atoms with Crippen LogP contribution in [-0.2, 0) is 0 Å². The second-order valence-corrected chi connectivity index (χ2v) is 5.38. The second kappa shape index (κ2) is 5.25. The van der Waals surface area contributed by atoms with Crippen LogP contribution in [0.15, 0.2) is 24.3 Å². The third-order valence-corrected chi connectivity index (χ3v) is 3.83. The smallest absolute Gasteiger partial charge is 0.158 e. The number of aromatic nitrogens is 2. The molecule has 1 saturated heterocycles. The van der Waals surface area contributed by atoms with E-state index in [2.05, 4.69) is 15.1 Å². The molecule has 0 aliphatic carbocycles. The summed E-state index contributed by atoms with van der Waals surface area (Å²) in [7, 11) is 0. The molecule has 1 aromatic carbocycles. The van der Waals surface area contributed by atoms with Gasteiger partial charge in [0.15, 0.2) is 5.82 Å². The van der Waals surface area contributed by atoms with Crippen molar-refractivity contribution in [3.05, 3.63) is 35.8 Å². The van der Waals surface area contributed by atoms with Crippen LogP contribution in [0.3, 0.4) is 0 Å². The van der Waals surface area contributed by atoms with E-state index < -0.39 is 0 Å². The summed E-state index contributed by atoms with van der Waals surface area (Å²) in [6, 6.07) is 6.98. The molecule has 2 aromatic rings. The fraction of sp³-hybridized carbons (Fsp3) is 0.400. The maximum Gasteiger partial charge on any atom is 0.158 e. The van der Waals surface area contributed by atoms with Gasteiger partial charge in [-0.1, -0.05) is 18.2 Å². The van der Waals surface area contributed by atoms with E-state index in [4.69, 9.17) is 5.73 Å². The molecule has 1 aromatic heterocycles. The van der Waals surface area contributed by atoms with Crippen molar-refractivity contribution < 1.29 is 4.39 Å². The lowest BCUT2D eigenvalue weighted by Gasteiger charge is -2.31. The summed E-state index contributed by atoms with van der Waals surface area (Å²) in [5, 5.41) is 7.35. The maximum absolute atomic E-state index is 14.1. The van der Waals surface area contributed by atoms with Crippen molar-refractivity contribution in [2.24, 2.45) is 5.73 Å². The summed E-state index contributed by atoms with van der Waals surface area (Å²) in [4.78, 5) is 2.15. The molecule has 3 rings (SSSR count). The normalized spacial score (nSPS) is 19.4. The minimum absolute atomic E-state index is 0.161. The average Bonchev–Trinajstić information content (AvgIpc) is 2.81. The molecular formula is C15H19FN4. The van der Waals surface area contributed by atoms with E-state index in [9.17, 15) is 4.39 Å². The number of rotatable bonds is 2. The first-order valence-corrected chi connectivity index (χ1v) is 6.97. The molecule has 0 radical (unpaired) electrons. The van der Waals surface area contributed by atoms with Crippen LogP contribution in [-0.4, -0.2) is 29.3 Å². The number of hydrogen-bond acceptors (Lipinski definition) is 3. The van der Waals surface area contributed by atoms with Gasteiger partial charge in [0.2, 0.25) is 0 Å². The average molecular weight is 274 g/mol. The van der Waals surface area contributed by atoms with Crippen LogP contribution in [0.1, 0.15) is 18.5 Å². The number of nitrogens with zero attached hydrogens (tertiary/aromatic N) is 2. The fourth-order valence-electron chi connectivity index (χ4n) is 2.83. The molecule has 5 heteroatoms. The van der Waals surface area contributed by atoms with E-state index in [0.29, 0.717) is 5.56 Å². The summed E-state index contributed by atoms with van der Waals surface area (Å²) in [5.41, 5.74) is 8.35. The Labute approximate surface area is 117 Å². The van der Waals surface area contributed by atoms with Gasteiger partial charge >= 0.3 is 0 Å². The Morgan fingerprint density at radius 1 is 1.40 bits per heavy atom. The molecule has 1 aliphatic heterocycles. The van der Waals surface area contributed by atoms with Gasteiger partial charge in [-0.3, -0.25) is 5.10 Å². The van der Waals surface area contributed by atoms with Crippen LogP contribution < -0.4 is 10.6 Å². The van der Waals surface area contributed by atoms with Gasteiger partial charge in [0.25, 0.3) is 0 Å². The topological polar surface area (TPSA) is 57.9 Å². The highest BCUT2D eigenvalue weighted by Crippen LogP contribution is 2.34. The van der Waals surface area contributed by atoms with Crippen LogP contribution in [0, 0.1) is 12.7 Å².